The van der Waals surface area contributed by atoms with E-state index in [9.17, 15) is 27.9 Å². The number of hydrogen-bond donors (Lipinski definition) is 3. The van der Waals surface area contributed by atoms with Crippen LogP contribution in [0.25, 0.3) is 0 Å². The third-order valence-electron chi connectivity index (χ3n) is 9.16. The Balaban J connectivity index is 1.34. The molecule has 0 unspecified atom stereocenters. The van der Waals surface area contributed by atoms with E-state index in [1.54, 1.807) is 24.0 Å². The Kier molecular flexibility index (Phi) is 12.9. The molecule has 3 aromatic rings. The van der Waals surface area contributed by atoms with Crippen LogP contribution in [0.2, 0.25) is 0 Å². The molecule has 0 aromatic heterocycles. The molecule has 14 heteroatoms. The Morgan fingerprint density at radius 1 is 0.981 bits per heavy atom. The molecule has 52 heavy (non-hydrogen) atoms. The number of halogens is 3. The summed E-state index contributed by atoms with van der Waals surface area (Å²) >= 11 is 0. The van der Waals surface area contributed by atoms with Crippen molar-refractivity contribution in [1.29, 1.82) is 0 Å². The average Bonchev–Trinajstić information content (AvgIpc) is 3.57. The number of likely N-dealkylation sites (N-methyl/N-ethyl adjacent to an activating group) is 1. The van der Waals surface area contributed by atoms with Gasteiger partial charge in [-0.1, -0.05) is 13.0 Å². The Labute approximate surface area is 302 Å². The maximum Gasteiger partial charge on any atom is 0.416 e. The van der Waals surface area contributed by atoms with Gasteiger partial charge >= 0.3 is 12.2 Å². The van der Waals surface area contributed by atoms with Gasteiger partial charge in [0, 0.05) is 43.5 Å². The molecule has 282 valence electrons. The number of hydrogen-bond acceptors (Lipinski definition) is 8. The Hall–Kier alpha value is -4.53. The molecule has 2 aliphatic heterocycles. The molecule has 0 radical (unpaired) electrons. The molecule has 0 aliphatic carbocycles. The number of fused-ring (bicyclic) bond motifs is 2. The summed E-state index contributed by atoms with van der Waals surface area (Å²) in [5, 5.41) is 15.4. The highest BCUT2D eigenvalue weighted by atomic mass is 19.4. The summed E-state index contributed by atoms with van der Waals surface area (Å²) in [6, 6.07) is 13.4. The second-order valence-electron chi connectivity index (χ2n) is 13.5. The molecule has 3 amide bonds. The number of amides is 3. The minimum atomic E-state index is -4.50. The van der Waals surface area contributed by atoms with Crippen molar-refractivity contribution < 1.29 is 46.8 Å². The van der Waals surface area contributed by atoms with E-state index in [2.05, 4.69) is 15.5 Å². The lowest BCUT2D eigenvalue weighted by molar-refractivity contribution is -0.137. The molecule has 11 nitrogen and oxygen atoms in total. The number of aliphatic hydroxyl groups is 1. The van der Waals surface area contributed by atoms with Gasteiger partial charge in [-0.3, -0.25) is 9.69 Å². The van der Waals surface area contributed by atoms with Gasteiger partial charge in [0.05, 0.1) is 36.0 Å². The summed E-state index contributed by atoms with van der Waals surface area (Å²) in [5.74, 6) is 1.24. The standard InChI is InChI=1S/C38H47F3N4O7/c1-24-19-45(25(2)22-46)36(47)31-18-30(43-37(48)42-29-11-9-28(10-12-29)38(39,40)41)13-15-32(31)52-26(3)7-5-6-16-49-35(24)21-44(4)20-27-8-14-33-34(17-27)51-23-50-33/h8-15,17-18,24-26,35,46H,5-7,16,19-23H2,1-4H3,(H2,42,43,48)/t24-,25-,26+,35-/m0/s1. The summed E-state index contributed by atoms with van der Waals surface area (Å²) in [6.45, 7) is 7.68. The van der Waals surface area contributed by atoms with E-state index in [0.717, 1.165) is 54.2 Å². The minimum Gasteiger partial charge on any atom is -0.490 e. The van der Waals surface area contributed by atoms with Gasteiger partial charge in [0.1, 0.15) is 5.75 Å². The molecular weight excluding hydrogens is 681 g/mol. The first-order valence-electron chi connectivity index (χ1n) is 17.5. The molecule has 4 atom stereocenters. The average molecular weight is 729 g/mol. The van der Waals surface area contributed by atoms with Gasteiger partial charge in [-0.25, -0.2) is 4.79 Å². The highest BCUT2D eigenvalue weighted by molar-refractivity contribution is 6.02. The van der Waals surface area contributed by atoms with E-state index in [-0.39, 0.29) is 55.0 Å². The van der Waals surface area contributed by atoms with Crippen molar-refractivity contribution in [3.05, 3.63) is 77.4 Å². The molecule has 2 heterocycles. The highest BCUT2D eigenvalue weighted by Gasteiger charge is 2.32. The number of benzene rings is 3. The van der Waals surface area contributed by atoms with Crippen LogP contribution in [-0.2, 0) is 17.5 Å². The van der Waals surface area contributed by atoms with Crippen molar-refractivity contribution in [1.82, 2.24) is 9.80 Å². The topological polar surface area (TPSA) is 122 Å². The number of nitrogens with one attached hydrogen (secondary N) is 2. The molecule has 3 N–H and O–H groups in total. The monoisotopic (exact) mass is 728 g/mol. The number of ether oxygens (including phenoxy) is 4. The summed E-state index contributed by atoms with van der Waals surface area (Å²) in [7, 11) is 2.02. The van der Waals surface area contributed by atoms with E-state index in [1.165, 1.54) is 6.07 Å². The number of urea groups is 1. The maximum atomic E-state index is 14.4. The lowest BCUT2D eigenvalue weighted by Crippen LogP contribution is -2.47. The molecule has 3 aromatic carbocycles. The van der Waals surface area contributed by atoms with E-state index < -0.39 is 29.7 Å². The summed E-state index contributed by atoms with van der Waals surface area (Å²) in [4.78, 5) is 31.0. The van der Waals surface area contributed by atoms with E-state index in [0.29, 0.717) is 31.9 Å². The summed E-state index contributed by atoms with van der Waals surface area (Å²) in [6.07, 6.45) is -2.59. The van der Waals surface area contributed by atoms with E-state index in [1.807, 2.05) is 39.1 Å². The van der Waals surface area contributed by atoms with Crippen LogP contribution in [0.15, 0.2) is 60.7 Å². The quantitative estimate of drug-likeness (QED) is 0.227. The molecule has 0 spiro atoms. The fourth-order valence-corrected chi connectivity index (χ4v) is 6.22. The van der Waals surface area contributed by atoms with Crippen LogP contribution in [0, 0.1) is 5.92 Å². The highest BCUT2D eigenvalue weighted by Crippen LogP contribution is 2.34. The Bertz CT molecular complexity index is 1670. The Morgan fingerprint density at radius 3 is 2.40 bits per heavy atom. The number of rotatable bonds is 8. The van der Waals surface area contributed by atoms with Gasteiger partial charge in [0.2, 0.25) is 6.79 Å². The van der Waals surface area contributed by atoms with Crippen LogP contribution in [0.3, 0.4) is 0 Å². The largest absolute Gasteiger partial charge is 0.490 e. The number of nitrogens with zero attached hydrogens (tertiary/aromatic N) is 2. The van der Waals surface area contributed by atoms with Crippen molar-refractivity contribution in [3.8, 4) is 17.2 Å². The minimum absolute atomic E-state index is 0.140. The van der Waals surface area contributed by atoms with Gasteiger partial charge < -0.3 is 39.6 Å². The van der Waals surface area contributed by atoms with Gasteiger partial charge in [-0.05, 0) is 100 Å². The van der Waals surface area contributed by atoms with E-state index >= 15 is 0 Å². The summed E-state index contributed by atoms with van der Waals surface area (Å²) in [5.41, 5.74) is 0.854. The van der Waals surface area contributed by atoms with Crippen molar-refractivity contribution in [2.75, 3.05) is 50.8 Å². The maximum absolute atomic E-state index is 14.4. The third-order valence-corrected chi connectivity index (χ3v) is 9.16. The first-order chi connectivity index (χ1) is 24.8. The fourth-order valence-electron chi connectivity index (χ4n) is 6.22. The van der Waals surface area contributed by atoms with Crippen LogP contribution in [0.1, 0.15) is 61.5 Å². The van der Waals surface area contributed by atoms with Gasteiger partial charge in [0.25, 0.3) is 5.91 Å². The predicted octanol–water partition coefficient (Wildman–Crippen LogP) is 7.01. The number of carbonyl (C=O) groups is 2. The van der Waals surface area contributed by atoms with Crippen molar-refractivity contribution >= 4 is 23.3 Å². The smallest absolute Gasteiger partial charge is 0.416 e. The zero-order valence-electron chi connectivity index (χ0n) is 29.9. The fraction of sp³-hybridized carbons (Fsp3) is 0.474. The van der Waals surface area contributed by atoms with Crippen LogP contribution in [0.4, 0.5) is 29.3 Å². The lowest BCUT2D eigenvalue weighted by atomic mass is 10.0. The SMILES string of the molecule is C[C@@H]1CCCCO[C@@H](CN(C)Cc2ccc3c(c2)OCO3)[C@@H](C)CN([C@@H](C)CO)C(=O)c2cc(NC(=O)Nc3ccc(C(F)(F)F)cc3)ccc2O1. The van der Waals surface area contributed by atoms with Crippen LogP contribution in [0.5, 0.6) is 17.2 Å². The van der Waals surface area contributed by atoms with Crippen molar-refractivity contribution in [2.45, 2.75) is 71.0 Å². The predicted molar refractivity (Wildman–Crippen MR) is 190 cm³/mol. The molecular formula is C38H47F3N4O7. The van der Waals surface area contributed by atoms with Crippen LogP contribution < -0.4 is 24.8 Å². The zero-order chi connectivity index (χ0) is 37.4. The number of carbonyl (C=O) groups excluding carboxylic acids is 2. The lowest BCUT2D eigenvalue weighted by Gasteiger charge is -2.36. The first-order valence-corrected chi connectivity index (χ1v) is 17.5. The molecule has 0 saturated carbocycles. The normalized spacial score (nSPS) is 20.4. The van der Waals surface area contributed by atoms with Crippen molar-refractivity contribution in [2.24, 2.45) is 5.92 Å². The Morgan fingerprint density at radius 2 is 1.67 bits per heavy atom. The van der Waals surface area contributed by atoms with Gasteiger partial charge in [0.15, 0.2) is 11.5 Å². The van der Waals surface area contributed by atoms with E-state index in [4.69, 9.17) is 18.9 Å². The second-order valence-corrected chi connectivity index (χ2v) is 13.5. The van der Waals surface area contributed by atoms with Crippen LogP contribution in [-0.4, -0.2) is 85.2 Å². The molecule has 5 rings (SSSR count). The van der Waals surface area contributed by atoms with Gasteiger partial charge in [-0.15, -0.1) is 0 Å². The number of aliphatic hydroxyl groups excluding tert-OH is 1. The third kappa shape index (κ3) is 10.3. The van der Waals surface area contributed by atoms with Gasteiger partial charge in [-0.2, -0.15) is 13.2 Å². The molecule has 0 fully saturated rings. The van der Waals surface area contributed by atoms with Crippen LogP contribution >= 0.6 is 0 Å². The molecule has 2 aliphatic rings. The molecule has 0 bridgehead atoms. The zero-order valence-corrected chi connectivity index (χ0v) is 29.9. The number of alkyl halides is 3. The summed E-state index contributed by atoms with van der Waals surface area (Å²) < 4.78 is 62.7. The van der Waals surface area contributed by atoms with Crippen molar-refractivity contribution in [3.63, 3.8) is 0 Å². The number of anilines is 2. The second kappa shape index (κ2) is 17.3. The molecule has 0 saturated heterocycles. The first kappa shape index (κ1) is 38.7.